The Balaban J connectivity index is 0.000000176. The second-order valence-electron chi connectivity index (χ2n) is 20.9. The zero-order valence-electron chi connectivity index (χ0n) is 48.2. The van der Waals surface area contributed by atoms with Crippen molar-refractivity contribution < 1.29 is 53.3 Å². The fourth-order valence-electron chi connectivity index (χ4n) is 8.78. The van der Waals surface area contributed by atoms with E-state index in [1.54, 1.807) is 48.6 Å². The van der Waals surface area contributed by atoms with Crippen molar-refractivity contribution in [3.63, 3.8) is 0 Å². The molecule has 0 amide bonds. The highest BCUT2D eigenvalue weighted by Crippen LogP contribution is 2.27. The minimum Gasteiger partial charge on any atom is -0.462 e. The predicted octanol–water partition coefficient (Wildman–Crippen LogP) is 14.2. The average Bonchev–Trinajstić information content (AvgIpc) is 4.48. The van der Waals surface area contributed by atoms with Gasteiger partial charge in [-0.2, -0.15) is 16.8 Å². The van der Waals surface area contributed by atoms with Crippen molar-refractivity contribution in [2.24, 2.45) is 20.9 Å². The van der Waals surface area contributed by atoms with Gasteiger partial charge in [0.25, 0.3) is 9.05 Å². The molecule has 1 heterocycles. The van der Waals surface area contributed by atoms with Crippen LogP contribution in [0.1, 0.15) is 142 Å². The smallest absolute Gasteiger partial charge is 0.358 e. The van der Waals surface area contributed by atoms with Gasteiger partial charge in [0.2, 0.25) is 0 Å². The van der Waals surface area contributed by atoms with Gasteiger partial charge < -0.3 is 14.7 Å². The molecule has 6 aromatic rings. The van der Waals surface area contributed by atoms with Gasteiger partial charge in [0.15, 0.2) is 0 Å². The van der Waals surface area contributed by atoms with Crippen molar-refractivity contribution in [1.29, 1.82) is 0 Å². The van der Waals surface area contributed by atoms with Crippen molar-refractivity contribution >= 4 is 75.2 Å². The zero-order chi connectivity index (χ0) is 60.9. The van der Waals surface area contributed by atoms with Gasteiger partial charge in [0.05, 0.1) is 34.1 Å². The van der Waals surface area contributed by atoms with E-state index in [0.29, 0.717) is 30.4 Å². The van der Waals surface area contributed by atoms with E-state index in [4.69, 9.17) is 33.9 Å². The monoisotopic (exact) mass is 1220 g/mol. The predicted molar refractivity (Wildman–Crippen MR) is 332 cm³/mol. The third-order valence-electron chi connectivity index (χ3n) is 14.6. The molecule has 15 nitrogen and oxygen atoms in total. The number of hydrogen-bond acceptors (Lipinski definition) is 15. The van der Waals surface area contributed by atoms with Gasteiger partial charge in [-0.25, -0.2) is 8.42 Å². The van der Waals surface area contributed by atoms with Gasteiger partial charge in [0.1, 0.15) is 22.5 Å². The molecule has 6 aromatic carbocycles. The van der Waals surface area contributed by atoms with Crippen LogP contribution in [0.15, 0.2) is 189 Å². The van der Waals surface area contributed by atoms with E-state index < -0.39 is 29.3 Å². The topological polar surface area (TPSA) is 217 Å². The van der Waals surface area contributed by atoms with Crippen LogP contribution in [0.5, 0.6) is 0 Å². The lowest BCUT2D eigenvalue weighted by atomic mass is 9.90. The van der Waals surface area contributed by atoms with Gasteiger partial charge in [0, 0.05) is 27.4 Å². The maximum absolute atomic E-state index is 12.4. The summed E-state index contributed by atoms with van der Waals surface area (Å²) in [5, 5.41) is 19.9. The summed E-state index contributed by atoms with van der Waals surface area (Å²) in [5.41, 5.74) is 11.4. The van der Waals surface area contributed by atoms with Gasteiger partial charge in [-0.15, -0.1) is 0 Å². The molecule has 1 fully saturated rings. The first-order valence-corrected chi connectivity index (χ1v) is 33.0. The third kappa shape index (κ3) is 19.4. The number of hydrogen-bond donors (Lipinski definition) is 1. The Bertz CT molecular complexity index is 3640. The number of halogens is 1. The fourth-order valence-corrected chi connectivity index (χ4v) is 11.0. The number of benzene rings is 6. The van der Waals surface area contributed by atoms with Gasteiger partial charge in [-0.1, -0.05) is 171 Å². The van der Waals surface area contributed by atoms with Crippen LogP contribution >= 0.6 is 10.7 Å². The summed E-state index contributed by atoms with van der Waals surface area (Å²) >= 11 is 0. The first-order chi connectivity index (χ1) is 40.1. The molecule has 2 atom stereocenters. The summed E-state index contributed by atoms with van der Waals surface area (Å²) in [5.74, 6) is 0.275. The number of aryl methyl sites for hydroxylation is 3. The lowest BCUT2D eigenvalue weighted by Gasteiger charge is -2.19. The first kappa shape index (κ1) is 65.9. The van der Waals surface area contributed by atoms with Crippen molar-refractivity contribution in [3.05, 3.63) is 209 Å². The van der Waals surface area contributed by atoms with E-state index in [1.807, 2.05) is 99.6 Å². The van der Waals surface area contributed by atoms with Crippen LogP contribution in [0.25, 0.3) is 12.2 Å². The van der Waals surface area contributed by atoms with Crippen molar-refractivity contribution in [1.82, 2.24) is 0 Å². The number of fused-ring (bicyclic) bond motifs is 3. The maximum atomic E-state index is 12.4. The molecular formula is C65H74ClN3O12S3. The molecule has 0 aromatic heterocycles. The molecule has 3 aliphatic carbocycles. The molecular weight excluding hydrogens is 1150 g/mol. The molecule has 446 valence electrons. The van der Waals surface area contributed by atoms with E-state index in [0.717, 1.165) is 110 Å². The molecule has 0 spiro atoms. The van der Waals surface area contributed by atoms with Crippen LogP contribution < -0.4 is 0 Å². The Morgan fingerprint density at radius 1 is 0.619 bits per heavy atom. The number of nitrogens with zero attached hydrogens (tertiary/aromatic N) is 3. The zero-order valence-corrected chi connectivity index (χ0v) is 51.4. The Hall–Kier alpha value is -7.22. The molecule has 4 aliphatic rings. The first-order valence-electron chi connectivity index (χ1n) is 27.9. The number of oxime groups is 3. The largest absolute Gasteiger partial charge is 0.462 e. The number of esters is 1. The number of carbonyl (C=O) groups excluding carboxylic acids is 1. The minimum atomic E-state index is -3.91. The summed E-state index contributed by atoms with van der Waals surface area (Å²) in [6.07, 6.45) is 13.6. The van der Waals surface area contributed by atoms with Crippen molar-refractivity contribution in [2.75, 3.05) is 13.2 Å². The second kappa shape index (κ2) is 31.1. The highest BCUT2D eigenvalue weighted by molar-refractivity contribution is 8.13. The number of epoxide rings is 1. The van der Waals surface area contributed by atoms with E-state index in [2.05, 4.69) is 48.5 Å². The minimum absolute atomic E-state index is 0.0801. The molecule has 19 heteroatoms. The molecule has 0 radical (unpaired) electrons. The summed E-state index contributed by atoms with van der Waals surface area (Å²) in [6.45, 7) is 18.3. The van der Waals surface area contributed by atoms with E-state index in [1.165, 1.54) is 41.0 Å². The van der Waals surface area contributed by atoms with Crippen LogP contribution in [0.3, 0.4) is 0 Å². The standard InChI is InChI=1S/C20H23NO3S.C18H17NO3S.C10H11NO.C9H16O3.C8H7ClO2S/c1-3-15(2)16-11-13-18(14-12-16)25(22,23)24-21-20-10-6-8-17-7-4-5-9-19(17)20;1-2-14-10-12-16(13-11-14)23(20,21)22-19-18-9-5-7-15-6-3-4-8-17(15)18;12-11-10-7-3-5-8-4-1-2-6-9(8)10;1-4-9(2,3)8(10)12-6-7-5-11-7;1-2-7-3-5-8(6-4-7)12(9,10)11/h4-5,7,9,11-15H,3,6,8,10H2,1-2H3;2-4,6,8,10-13H,1,5,7,9H2;1-2,4,6,12H,3,5,7H2;7H,4-6H2,1-3H3;2-6H,1H2/b21-20-;19-18-;11-10+;;. The van der Waals surface area contributed by atoms with Crippen molar-refractivity contribution in [3.8, 4) is 0 Å². The molecule has 10 rings (SSSR count). The summed E-state index contributed by atoms with van der Waals surface area (Å²) in [7, 11) is -6.30. The van der Waals surface area contributed by atoms with Crippen LogP contribution in [0.4, 0.5) is 0 Å². The van der Waals surface area contributed by atoms with Crippen LogP contribution in [0, 0.1) is 5.41 Å². The number of ether oxygens (including phenoxy) is 2. The summed E-state index contributed by atoms with van der Waals surface area (Å²) in [4.78, 5) is 11.7. The maximum Gasteiger partial charge on any atom is 0.358 e. The van der Waals surface area contributed by atoms with E-state index in [9.17, 15) is 30.0 Å². The van der Waals surface area contributed by atoms with Crippen molar-refractivity contribution in [2.45, 2.75) is 132 Å². The summed E-state index contributed by atoms with van der Waals surface area (Å²) in [6, 6.07) is 43.3. The molecule has 1 N–H and O–H groups in total. The third-order valence-corrected chi connectivity index (χ3v) is 18.2. The summed E-state index contributed by atoms with van der Waals surface area (Å²) < 4.78 is 90.7. The molecule has 2 unspecified atom stereocenters. The molecule has 0 bridgehead atoms. The van der Waals surface area contributed by atoms with Gasteiger partial charge >= 0.3 is 26.2 Å². The molecule has 1 aliphatic heterocycles. The lowest BCUT2D eigenvalue weighted by Crippen LogP contribution is -2.27. The average molecular weight is 1220 g/mol. The molecule has 0 saturated carbocycles. The molecule has 84 heavy (non-hydrogen) atoms. The van der Waals surface area contributed by atoms with Crippen LogP contribution in [-0.2, 0) is 71.4 Å². The number of carbonyl (C=O) groups is 1. The van der Waals surface area contributed by atoms with Gasteiger partial charge in [-0.3, -0.25) is 13.4 Å². The normalized spacial score (nSPS) is 16.9. The quantitative estimate of drug-likeness (QED) is 0.0334. The van der Waals surface area contributed by atoms with Crippen LogP contribution in [0.2, 0.25) is 0 Å². The molecule has 1 saturated heterocycles. The second-order valence-corrected chi connectivity index (χ2v) is 26.5. The van der Waals surface area contributed by atoms with Gasteiger partial charge in [-0.05, 0) is 160 Å². The highest BCUT2D eigenvalue weighted by Gasteiger charge is 2.31. The highest BCUT2D eigenvalue weighted by atomic mass is 35.7. The Morgan fingerprint density at radius 2 is 1.00 bits per heavy atom. The van der Waals surface area contributed by atoms with Crippen LogP contribution in [-0.4, -0.2) is 72.9 Å². The van der Waals surface area contributed by atoms with E-state index >= 15 is 0 Å². The lowest BCUT2D eigenvalue weighted by molar-refractivity contribution is -0.154. The SMILES string of the molecule is C=Cc1ccc(S(=O)(=O)Cl)cc1.C=Cc1ccc(S(=O)(=O)O/N=C2/CCCc3ccccc32)cc1.CCC(C)(C)C(=O)OCC1CO1.CCC(C)c1ccc(S(=O)(=O)O/N=C2/CCCc3ccccc32)cc1.O/N=C1\CCCc2ccccc21. The Morgan fingerprint density at radius 3 is 1.37 bits per heavy atom. The Kier molecular flexibility index (Phi) is 24.4. The number of rotatable bonds is 15. The fraction of sp³-hybridized carbons (Fsp3) is 0.323. The Labute approximate surface area is 500 Å². The van der Waals surface area contributed by atoms with E-state index in [-0.39, 0.29) is 32.2 Å².